The highest BCUT2D eigenvalue weighted by Gasteiger charge is 2.34. The van der Waals surface area contributed by atoms with Gasteiger partial charge in [-0.15, -0.1) is 0 Å². The standard InChI is InChI=1S/C11H9F3N2O3/c1-6-4-9(11(12,13)14)15-16(6)5-7-2-3-8(19-7)10(17)18/h2-4H,5H2,1H3,(H,17,18)/p-1. The van der Waals surface area contributed by atoms with Gasteiger partial charge in [-0.05, 0) is 25.1 Å². The first kappa shape index (κ1) is 13.2. The molecular weight excluding hydrogens is 265 g/mol. The van der Waals surface area contributed by atoms with Crippen molar-refractivity contribution in [1.82, 2.24) is 9.78 Å². The summed E-state index contributed by atoms with van der Waals surface area (Å²) in [5.41, 5.74) is -0.713. The lowest BCUT2D eigenvalue weighted by molar-refractivity contribution is -0.257. The molecule has 102 valence electrons. The van der Waals surface area contributed by atoms with Crippen LogP contribution in [-0.2, 0) is 12.7 Å². The van der Waals surface area contributed by atoms with Gasteiger partial charge in [-0.1, -0.05) is 0 Å². The Labute approximate surface area is 105 Å². The Kier molecular flexibility index (Phi) is 3.09. The summed E-state index contributed by atoms with van der Waals surface area (Å²) in [6, 6.07) is 3.43. The quantitative estimate of drug-likeness (QED) is 0.842. The van der Waals surface area contributed by atoms with Crippen LogP contribution in [0.5, 0.6) is 0 Å². The van der Waals surface area contributed by atoms with Gasteiger partial charge in [0.15, 0.2) is 5.69 Å². The van der Waals surface area contributed by atoms with Crippen molar-refractivity contribution in [3.05, 3.63) is 41.1 Å². The topological polar surface area (TPSA) is 71.1 Å². The van der Waals surface area contributed by atoms with E-state index in [1.54, 1.807) is 0 Å². The van der Waals surface area contributed by atoms with Crippen molar-refractivity contribution >= 4 is 5.97 Å². The zero-order chi connectivity index (χ0) is 14.2. The Morgan fingerprint density at radius 3 is 2.63 bits per heavy atom. The van der Waals surface area contributed by atoms with Crippen molar-refractivity contribution in [2.45, 2.75) is 19.6 Å². The van der Waals surface area contributed by atoms with Gasteiger partial charge in [-0.3, -0.25) is 4.68 Å². The van der Waals surface area contributed by atoms with Crippen LogP contribution in [0.4, 0.5) is 13.2 Å². The van der Waals surface area contributed by atoms with Crippen molar-refractivity contribution < 1.29 is 27.5 Å². The van der Waals surface area contributed by atoms with E-state index in [9.17, 15) is 23.1 Å². The van der Waals surface area contributed by atoms with Crippen molar-refractivity contribution in [3.63, 3.8) is 0 Å². The number of hydrogen-bond acceptors (Lipinski definition) is 4. The van der Waals surface area contributed by atoms with Crippen LogP contribution in [0.1, 0.15) is 27.7 Å². The summed E-state index contributed by atoms with van der Waals surface area (Å²) in [6.07, 6.45) is -4.52. The van der Waals surface area contributed by atoms with E-state index in [0.29, 0.717) is 5.69 Å². The second kappa shape index (κ2) is 4.45. The zero-order valence-electron chi connectivity index (χ0n) is 9.69. The minimum atomic E-state index is -4.52. The molecule has 19 heavy (non-hydrogen) atoms. The second-order valence-corrected chi connectivity index (χ2v) is 3.88. The summed E-state index contributed by atoms with van der Waals surface area (Å²) < 4.78 is 43.3. The lowest BCUT2D eigenvalue weighted by Gasteiger charge is -2.02. The van der Waals surface area contributed by atoms with Crippen LogP contribution in [0, 0.1) is 6.92 Å². The summed E-state index contributed by atoms with van der Waals surface area (Å²) in [5, 5.41) is 13.9. The minimum Gasteiger partial charge on any atom is -0.542 e. The van der Waals surface area contributed by atoms with Crippen LogP contribution in [-0.4, -0.2) is 15.7 Å². The van der Waals surface area contributed by atoms with Gasteiger partial charge in [0, 0.05) is 5.69 Å². The average molecular weight is 273 g/mol. The number of aromatic carboxylic acids is 1. The third-order valence-corrected chi connectivity index (χ3v) is 2.44. The number of aryl methyl sites for hydroxylation is 1. The third kappa shape index (κ3) is 2.78. The fraction of sp³-hybridized carbons (Fsp3) is 0.273. The van der Waals surface area contributed by atoms with Gasteiger partial charge in [0.1, 0.15) is 17.5 Å². The molecule has 0 spiro atoms. The normalized spacial score (nSPS) is 11.8. The van der Waals surface area contributed by atoms with Crippen LogP contribution < -0.4 is 5.11 Å². The molecule has 0 N–H and O–H groups in total. The molecule has 0 fully saturated rings. The Balaban J connectivity index is 2.23. The van der Waals surface area contributed by atoms with E-state index >= 15 is 0 Å². The van der Waals surface area contributed by atoms with Crippen molar-refractivity contribution in [3.8, 4) is 0 Å². The van der Waals surface area contributed by atoms with E-state index in [2.05, 4.69) is 5.10 Å². The highest BCUT2D eigenvalue weighted by Crippen LogP contribution is 2.28. The lowest BCUT2D eigenvalue weighted by atomic mass is 10.3. The van der Waals surface area contributed by atoms with Crippen molar-refractivity contribution in [2.24, 2.45) is 0 Å². The molecule has 0 aliphatic carbocycles. The molecule has 2 heterocycles. The molecule has 0 radical (unpaired) electrons. The highest BCUT2D eigenvalue weighted by atomic mass is 19.4. The number of alkyl halides is 3. The number of rotatable bonds is 3. The van der Waals surface area contributed by atoms with E-state index in [1.165, 1.54) is 19.1 Å². The molecule has 2 aromatic rings. The van der Waals surface area contributed by atoms with Crippen LogP contribution in [0.15, 0.2) is 22.6 Å². The number of aromatic nitrogens is 2. The highest BCUT2D eigenvalue weighted by molar-refractivity contribution is 5.82. The van der Waals surface area contributed by atoms with Crippen molar-refractivity contribution in [2.75, 3.05) is 0 Å². The fourth-order valence-corrected chi connectivity index (χ4v) is 1.53. The van der Waals surface area contributed by atoms with Crippen molar-refractivity contribution in [1.29, 1.82) is 0 Å². The first-order valence-corrected chi connectivity index (χ1v) is 5.19. The number of carbonyl (C=O) groups excluding carboxylic acids is 1. The molecule has 0 bridgehead atoms. The number of carboxylic acids is 1. The molecule has 0 amide bonds. The Bertz CT molecular complexity index is 613. The first-order chi connectivity index (χ1) is 8.77. The van der Waals surface area contributed by atoms with E-state index in [4.69, 9.17) is 4.42 Å². The van der Waals surface area contributed by atoms with Gasteiger partial charge in [0.2, 0.25) is 0 Å². The smallest absolute Gasteiger partial charge is 0.435 e. The van der Waals surface area contributed by atoms with E-state index in [1.807, 2.05) is 0 Å². The van der Waals surface area contributed by atoms with Gasteiger partial charge in [-0.25, -0.2) is 0 Å². The minimum absolute atomic E-state index is 0.0881. The van der Waals surface area contributed by atoms with Gasteiger partial charge < -0.3 is 14.3 Å². The summed E-state index contributed by atoms with van der Waals surface area (Å²) in [4.78, 5) is 10.5. The van der Waals surface area contributed by atoms with Crippen LogP contribution in [0.25, 0.3) is 0 Å². The van der Waals surface area contributed by atoms with E-state index in [0.717, 1.165) is 10.7 Å². The number of nitrogens with zero attached hydrogens (tertiary/aromatic N) is 2. The molecule has 5 nitrogen and oxygen atoms in total. The van der Waals surface area contributed by atoms with Gasteiger partial charge in [0.25, 0.3) is 0 Å². The maximum atomic E-state index is 12.4. The molecule has 0 unspecified atom stereocenters. The Morgan fingerprint density at radius 1 is 1.47 bits per heavy atom. The Morgan fingerprint density at radius 2 is 2.16 bits per heavy atom. The maximum Gasteiger partial charge on any atom is 0.435 e. The average Bonchev–Trinajstić information content (AvgIpc) is 2.86. The number of carbonyl (C=O) groups is 1. The second-order valence-electron chi connectivity index (χ2n) is 3.88. The summed E-state index contributed by atoms with van der Waals surface area (Å²) >= 11 is 0. The molecule has 8 heteroatoms. The molecule has 0 saturated heterocycles. The summed E-state index contributed by atoms with van der Waals surface area (Å²) in [6.45, 7) is 1.38. The Hall–Kier alpha value is -2.25. The van der Waals surface area contributed by atoms with Crippen LogP contribution in [0.2, 0.25) is 0 Å². The largest absolute Gasteiger partial charge is 0.542 e. The first-order valence-electron chi connectivity index (χ1n) is 5.19. The summed E-state index contributed by atoms with van der Waals surface area (Å²) in [7, 11) is 0. The molecule has 0 aliphatic rings. The van der Waals surface area contributed by atoms with Crippen LogP contribution in [0.3, 0.4) is 0 Å². The molecule has 0 atom stereocenters. The monoisotopic (exact) mass is 273 g/mol. The summed E-state index contributed by atoms with van der Waals surface area (Å²) in [5.74, 6) is -1.69. The van der Waals surface area contributed by atoms with Crippen LogP contribution >= 0.6 is 0 Å². The number of carboxylic acid groups (broad SMARTS) is 1. The van der Waals surface area contributed by atoms with E-state index in [-0.39, 0.29) is 18.1 Å². The zero-order valence-corrected chi connectivity index (χ0v) is 9.69. The van der Waals surface area contributed by atoms with Gasteiger partial charge in [-0.2, -0.15) is 18.3 Å². The van der Waals surface area contributed by atoms with Gasteiger partial charge >= 0.3 is 6.18 Å². The molecule has 2 aromatic heterocycles. The molecule has 2 rings (SSSR count). The number of hydrogen-bond donors (Lipinski definition) is 0. The molecule has 0 aliphatic heterocycles. The predicted octanol–water partition coefficient (Wildman–Crippen LogP) is 1.22. The maximum absolute atomic E-state index is 12.4. The molecule has 0 aromatic carbocycles. The molecular formula is C11H8F3N2O3-. The third-order valence-electron chi connectivity index (χ3n) is 2.44. The predicted molar refractivity (Wildman–Crippen MR) is 54.1 cm³/mol. The SMILES string of the molecule is Cc1cc(C(F)(F)F)nn1Cc1ccc(C(=O)[O-])o1. The fourth-order valence-electron chi connectivity index (χ4n) is 1.53. The number of halogens is 3. The molecule has 0 saturated carbocycles. The van der Waals surface area contributed by atoms with Gasteiger partial charge in [0.05, 0.1) is 6.54 Å². The van der Waals surface area contributed by atoms with E-state index < -0.39 is 17.8 Å². The lowest BCUT2D eigenvalue weighted by Crippen LogP contribution is -2.21. The number of furan rings is 1.